The number of para-hydroxylation sites is 1. The first-order chi connectivity index (χ1) is 15.2. The molecule has 0 aromatic heterocycles. The lowest BCUT2D eigenvalue weighted by Crippen LogP contribution is -2.33. The van der Waals surface area contributed by atoms with Gasteiger partial charge in [0.2, 0.25) is 13.0 Å². The predicted molar refractivity (Wildman–Crippen MR) is 111 cm³/mol. The van der Waals surface area contributed by atoms with E-state index in [0.29, 0.717) is 12.2 Å². The molecule has 0 N–H and O–H groups in total. The van der Waals surface area contributed by atoms with Crippen molar-refractivity contribution in [2.75, 3.05) is 6.79 Å². The van der Waals surface area contributed by atoms with E-state index in [4.69, 9.17) is 19.3 Å². The Morgan fingerprint density at radius 1 is 0.968 bits per heavy atom. The van der Waals surface area contributed by atoms with Crippen LogP contribution in [-0.4, -0.2) is 22.4 Å². The van der Waals surface area contributed by atoms with Crippen LogP contribution in [0.4, 0.5) is 5.69 Å². The second kappa shape index (κ2) is 6.73. The molecule has 0 fully saturated rings. The van der Waals surface area contributed by atoms with Crippen molar-refractivity contribution in [1.82, 2.24) is 5.01 Å². The minimum atomic E-state index is -0.479. The molecular formula is C23H17N3O5. The van der Waals surface area contributed by atoms with Gasteiger partial charge in [0.15, 0.2) is 11.5 Å². The van der Waals surface area contributed by atoms with Gasteiger partial charge in [-0.1, -0.05) is 18.2 Å². The Balaban J connectivity index is 1.40. The molecule has 0 spiro atoms. The maximum atomic E-state index is 11.0. The fourth-order valence-electron chi connectivity index (χ4n) is 4.27. The number of hydrazone groups is 1. The molecule has 2 unspecified atom stereocenters. The minimum Gasteiger partial charge on any atom is -0.464 e. The first-order valence-corrected chi connectivity index (χ1v) is 9.93. The van der Waals surface area contributed by atoms with Gasteiger partial charge in [0.1, 0.15) is 5.75 Å². The summed E-state index contributed by atoms with van der Waals surface area (Å²) in [6, 6.07) is 20.2. The van der Waals surface area contributed by atoms with Gasteiger partial charge in [-0.3, -0.25) is 10.1 Å². The van der Waals surface area contributed by atoms with Gasteiger partial charge in [-0.25, -0.2) is 5.01 Å². The SMILES string of the molecule is O=[N+]([O-])c1ccc(C2Oc3ccccc3C3CC(c4ccc5c(c4)OCO5)=NN32)cc1. The van der Waals surface area contributed by atoms with E-state index in [1.54, 1.807) is 12.1 Å². The zero-order chi connectivity index (χ0) is 20.9. The number of benzene rings is 3. The first-order valence-electron chi connectivity index (χ1n) is 9.93. The molecule has 154 valence electrons. The monoisotopic (exact) mass is 415 g/mol. The molecule has 0 radical (unpaired) electrons. The topological polar surface area (TPSA) is 86.4 Å². The molecule has 0 saturated carbocycles. The lowest BCUT2D eigenvalue weighted by atomic mass is 9.96. The van der Waals surface area contributed by atoms with E-state index in [9.17, 15) is 10.1 Å². The zero-order valence-corrected chi connectivity index (χ0v) is 16.3. The van der Waals surface area contributed by atoms with Crippen LogP contribution >= 0.6 is 0 Å². The predicted octanol–water partition coefficient (Wildman–Crippen LogP) is 4.57. The Labute approximate surface area is 177 Å². The first kappa shape index (κ1) is 17.8. The molecule has 3 aliphatic rings. The molecule has 0 bridgehead atoms. The highest BCUT2D eigenvalue weighted by atomic mass is 16.7. The molecule has 8 nitrogen and oxygen atoms in total. The van der Waals surface area contributed by atoms with E-state index >= 15 is 0 Å². The van der Waals surface area contributed by atoms with Crippen molar-refractivity contribution in [3.05, 3.63) is 93.5 Å². The number of ether oxygens (including phenoxy) is 3. The molecule has 3 aromatic carbocycles. The lowest BCUT2D eigenvalue weighted by Gasteiger charge is -2.38. The van der Waals surface area contributed by atoms with Crippen molar-refractivity contribution in [3.63, 3.8) is 0 Å². The van der Waals surface area contributed by atoms with Crippen LogP contribution in [0, 0.1) is 10.1 Å². The normalized spacial score (nSPS) is 20.5. The van der Waals surface area contributed by atoms with Gasteiger partial charge in [-0.2, -0.15) is 5.10 Å². The summed E-state index contributed by atoms with van der Waals surface area (Å²) in [5.41, 5.74) is 3.82. The second-order valence-electron chi connectivity index (χ2n) is 7.57. The van der Waals surface area contributed by atoms with Gasteiger partial charge in [0, 0.05) is 35.2 Å². The van der Waals surface area contributed by atoms with Crippen molar-refractivity contribution >= 4 is 11.4 Å². The fraction of sp³-hybridized carbons (Fsp3) is 0.174. The number of nitro groups is 1. The Morgan fingerprint density at radius 2 is 1.77 bits per heavy atom. The van der Waals surface area contributed by atoms with Crippen LogP contribution in [0.15, 0.2) is 71.8 Å². The molecule has 3 aliphatic heterocycles. The van der Waals surface area contributed by atoms with Gasteiger partial charge in [0.05, 0.1) is 16.7 Å². The van der Waals surface area contributed by atoms with E-state index in [2.05, 4.69) is 6.07 Å². The number of hydrogen-bond donors (Lipinski definition) is 0. The molecule has 0 amide bonds. The maximum Gasteiger partial charge on any atom is 0.269 e. The van der Waals surface area contributed by atoms with Gasteiger partial charge in [-0.15, -0.1) is 0 Å². The van der Waals surface area contributed by atoms with E-state index in [0.717, 1.165) is 33.9 Å². The number of hydrogen-bond acceptors (Lipinski definition) is 7. The zero-order valence-electron chi connectivity index (χ0n) is 16.3. The van der Waals surface area contributed by atoms with Crippen LogP contribution in [-0.2, 0) is 0 Å². The number of non-ortho nitro benzene ring substituents is 1. The standard InChI is InChI=1S/C23H17N3O5/c27-26(28)16-8-5-14(6-9-16)23-25-19(17-3-1-2-4-20(17)31-23)12-18(24-25)15-7-10-21-22(11-15)30-13-29-21/h1-11,19,23H,12-13H2. The summed E-state index contributed by atoms with van der Waals surface area (Å²) in [4.78, 5) is 10.6. The van der Waals surface area contributed by atoms with E-state index in [-0.39, 0.29) is 18.5 Å². The van der Waals surface area contributed by atoms with Crippen molar-refractivity contribution in [2.45, 2.75) is 18.7 Å². The van der Waals surface area contributed by atoms with Crippen molar-refractivity contribution in [1.29, 1.82) is 0 Å². The number of fused-ring (bicyclic) bond motifs is 4. The molecule has 3 aromatic rings. The number of rotatable bonds is 3. The summed E-state index contributed by atoms with van der Waals surface area (Å²) >= 11 is 0. The van der Waals surface area contributed by atoms with Gasteiger partial charge < -0.3 is 14.2 Å². The number of nitro benzene ring substituents is 1. The third-order valence-corrected chi connectivity index (χ3v) is 5.79. The van der Waals surface area contributed by atoms with Crippen LogP contribution in [0.5, 0.6) is 17.2 Å². The fourth-order valence-corrected chi connectivity index (χ4v) is 4.27. The van der Waals surface area contributed by atoms with E-state index in [1.807, 2.05) is 41.4 Å². The van der Waals surface area contributed by atoms with E-state index < -0.39 is 11.2 Å². The van der Waals surface area contributed by atoms with Crippen LogP contribution < -0.4 is 14.2 Å². The summed E-state index contributed by atoms with van der Waals surface area (Å²) in [6.07, 6.45) is 0.232. The largest absolute Gasteiger partial charge is 0.464 e. The lowest BCUT2D eigenvalue weighted by molar-refractivity contribution is -0.384. The van der Waals surface area contributed by atoms with E-state index in [1.165, 1.54) is 12.1 Å². The second-order valence-corrected chi connectivity index (χ2v) is 7.57. The summed E-state index contributed by atoms with van der Waals surface area (Å²) in [5.74, 6) is 2.25. The quantitative estimate of drug-likeness (QED) is 0.460. The molecule has 6 rings (SSSR count). The third kappa shape index (κ3) is 2.87. The van der Waals surface area contributed by atoms with Crippen LogP contribution in [0.2, 0.25) is 0 Å². The summed E-state index contributed by atoms with van der Waals surface area (Å²) in [7, 11) is 0. The van der Waals surface area contributed by atoms with Crippen LogP contribution in [0.1, 0.15) is 35.4 Å². The van der Waals surface area contributed by atoms with Crippen molar-refractivity contribution in [3.8, 4) is 17.2 Å². The average molecular weight is 415 g/mol. The Bertz CT molecular complexity index is 1220. The van der Waals surface area contributed by atoms with Gasteiger partial charge in [0.25, 0.3) is 5.69 Å². The highest BCUT2D eigenvalue weighted by Gasteiger charge is 2.41. The summed E-state index contributed by atoms with van der Waals surface area (Å²) in [6.45, 7) is 0.226. The molecule has 3 heterocycles. The van der Waals surface area contributed by atoms with Gasteiger partial charge >= 0.3 is 0 Å². The molecule has 2 atom stereocenters. The van der Waals surface area contributed by atoms with Crippen LogP contribution in [0.3, 0.4) is 0 Å². The van der Waals surface area contributed by atoms with Gasteiger partial charge in [-0.05, 0) is 36.4 Å². The van der Waals surface area contributed by atoms with Crippen LogP contribution in [0.25, 0.3) is 0 Å². The molecule has 8 heteroatoms. The highest BCUT2D eigenvalue weighted by Crippen LogP contribution is 2.48. The Hall–Kier alpha value is -4.07. The summed E-state index contributed by atoms with van der Waals surface area (Å²) < 4.78 is 17.2. The molecule has 0 aliphatic carbocycles. The molecule has 0 saturated heterocycles. The Kier molecular flexibility index (Phi) is 3.86. The average Bonchev–Trinajstić information content (AvgIpc) is 3.45. The third-order valence-electron chi connectivity index (χ3n) is 5.79. The maximum absolute atomic E-state index is 11.0. The highest BCUT2D eigenvalue weighted by molar-refractivity contribution is 6.02. The molecule has 31 heavy (non-hydrogen) atoms. The summed E-state index contributed by atoms with van der Waals surface area (Å²) in [5, 5.41) is 17.9. The number of nitrogens with zero attached hydrogens (tertiary/aromatic N) is 3. The van der Waals surface area contributed by atoms with Crippen molar-refractivity contribution < 1.29 is 19.1 Å². The minimum absolute atomic E-state index is 0.00515. The Morgan fingerprint density at radius 3 is 2.61 bits per heavy atom. The molecular weight excluding hydrogens is 398 g/mol. The van der Waals surface area contributed by atoms with Crippen molar-refractivity contribution in [2.24, 2.45) is 5.10 Å². The smallest absolute Gasteiger partial charge is 0.269 e.